The van der Waals surface area contributed by atoms with Crippen LogP contribution >= 0.6 is 34.8 Å². The number of hydrogen-bond donors (Lipinski definition) is 1. The third-order valence-corrected chi connectivity index (χ3v) is 7.34. The van der Waals surface area contributed by atoms with Gasteiger partial charge in [-0.2, -0.15) is 0 Å². The highest BCUT2D eigenvalue weighted by atomic mass is 35.5. The quantitative estimate of drug-likeness (QED) is 0.520. The fraction of sp³-hybridized carbons (Fsp3) is 0.364. The maximum Gasteiger partial charge on any atom is 0.244 e. The number of carbonyl (C=O) groups excluding carboxylic acids is 2. The van der Waals surface area contributed by atoms with Crippen molar-refractivity contribution in [2.45, 2.75) is 33.4 Å². The zero-order valence-electron chi connectivity index (χ0n) is 18.7. The Kier molecular flexibility index (Phi) is 9.43. The van der Waals surface area contributed by atoms with Crippen molar-refractivity contribution in [2.24, 2.45) is 0 Å². The monoisotopic (exact) mass is 533 g/mol. The van der Waals surface area contributed by atoms with E-state index in [-0.39, 0.29) is 18.1 Å². The number of rotatable bonds is 9. The summed E-state index contributed by atoms with van der Waals surface area (Å²) < 4.78 is 26.2. The number of sulfonamides is 1. The Balaban J connectivity index is 2.49. The van der Waals surface area contributed by atoms with Gasteiger partial charge < -0.3 is 10.2 Å². The second kappa shape index (κ2) is 11.4. The lowest BCUT2D eigenvalue weighted by Gasteiger charge is -2.32. The highest BCUT2D eigenvalue weighted by molar-refractivity contribution is 7.92. The van der Waals surface area contributed by atoms with Gasteiger partial charge in [-0.25, -0.2) is 8.42 Å². The summed E-state index contributed by atoms with van der Waals surface area (Å²) >= 11 is 18.8. The Labute approximate surface area is 209 Å². The molecular weight excluding hydrogens is 509 g/mol. The first-order chi connectivity index (χ1) is 15.4. The van der Waals surface area contributed by atoms with Gasteiger partial charge in [-0.05, 0) is 50.6 Å². The maximum atomic E-state index is 13.5. The van der Waals surface area contributed by atoms with Crippen LogP contribution in [0.15, 0.2) is 36.4 Å². The molecule has 0 aromatic heterocycles. The fourth-order valence-corrected chi connectivity index (χ4v) is 4.81. The molecule has 0 spiro atoms. The van der Waals surface area contributed by atoms with Gasteiger partial charge in [0.15, 0.2) is 0 Å². The van der Waals surface area contributed by atoms with Crippen LogP contribution in [0.25, 0.3) is 0 Å². The van der Waals surface area contributed by atoms with Gasteiger partial charge in [-0.1, -0.05) is 46.9 Å². The van der Waals surface area contributed by atoms with Gasteiger partial charge in [-0.15, -0.1) is 0 Å². The summed E-state index contributed by atoms with van der Waals surface area (Å²) in [6, 6.07) is 8.81. The maximum absolute atomic E-state index is 13.5. The highest BCUT2D eigenvalue weighted by Crippen LogP contribution is 2.29. The number of likely N-dealkylation sites (N-methyl/N-ethyl adjacent to an activating group) is 1. The highest BCUT2D eigenvalue weighted by Gasteiger charge is 2.31. The molecule has 0 heterocycles. The molecule has 2 rings (SSSR count). The standard InChI is InChI=1S/C22H26Cl3N3O4S/c1-5-26-22(30)15(3)27(12-16-18(24)9-6-10-19(16)25)21(29)13-28(33(4,31)32)20-11-7-8-17(23)14(20)2/h6-11,15H,5,12-13H2,1-4H3,(H,26,30). The van der Waals surface area contributed by atoms with E-state index in [1.54, 1.807) is 57.2 Å². The number of anilines is 1. The van der Waals surface area contributed by atoms with Crippen molar-refractivity contribution in [1.82, 2.24) is 10.2 Å². The molecule has 2 aromatic rings. The first-order valence-corrected chi connectivity index (χ1v) is 13.1. The van der Waals surface area contributed by atoms with Crippen LogP contribution in [0.2, 0.25) is 15.1 Å². The minimum atomic E-state index is -3.86. The van der Waals surface area contributed by atoms with Gasteiger partial charge in [0.1, 0.15) is 12.6 Å². The van der Waals surface area contributed by atoms with Crippen molar-refractivity contribution in [2.75, 3.05) is 23.7 Å². The number of benzene rings is 2. The van der Waals surface area contributed by atoms with Gasteiger partial charge in [-0.3, -0.25) is 13.9 Å². The number of nitrogens with one attached hydrogen (secondary N) is 1. The molecule has 0 saturated heterocycles. The Bertz CT molecular complexity index is 1120. The van der Waals surface area contributed by atoms with Gasteiger partial charge in [0, 0.05) is 33.7 Å². The Hall–Kier alpha value is -2.00. The van der Waals surface area contributed by atoms with E-state index < -0.39 is 28.5 Å². The molecule has 0 radical (unpaired) electrons. The molecule has 1 atom stereocenters. The van der Waals surface area contributed by atoms with E-state index in [2.05, 4.69) is 5.32 Å². The first kappa shape index (κ1) is 27.2. The molecule has 0 aliphatic rings. The SMILES string of the molecule is CCNC(=O)C(C)N(Cc1c(Cl)cccc1Cl)C(=O)CN(c1cccc(Cl)c1C)S(C)(=O)=O. The van der Waals surface area contributed by atoms with Crippen LogP contribution < -0.4 is 9.62 Å². The number of carbonyl (C=O) groups is 2. The number of hydrogen-bond acceptors (Lipinski definition) is 4. The third-order valence-electron chi connectivity index (χ3n) is 5.10. The molecule has 2 aromatic carbocycles. The minimum Gasteiger partial charge on any atom is -0.355 e. The summed E-state index contributed by atoms with van der Waals surface area (Å²) in [5.74, 6) is -0.992. The van der Waals surface area contributed by atoms with Crippen LogP contribution in [0.3, 0.4) is 0 Å². The molecule has 0 fully saturated rings. The summed E-state index contributed by atoms with van der Waals surface area (Å²) in [5, 5.41) is 3.70. The van der Waals surface area contributed by atoms with Crippen molar-refractivity contribution >= 4 is 62.3 Å². The van der Waals surface area contributed by atoms with E-state index in [0.717, 1.165) is 10.6 Å². The fourth-order valence-electron chi connectivity index (χ4n) is 3.22. The van der Waals surface area contributed by atoms with Crippen LogP contribution in [-0.2, 0) is 26.2 Å². The lowest BCUT2D eigenvalue weighted by Crippen LogP contribution is -2.51. The van der Waals surface area contributed by atoms with E-state index in [1.807, 2.05) is 0 Å². The van der Waals surface area contributed by atoms with Crippen molar-refractivity contribution in [3.63, 3.8) is 0 Å². The predicted molar refractivity (Wildman–Crippen MR) is 134 cm³/mol. The zero-order chi connectivity index (χ0) is 24.9. The second-order valence-electron chi connectivity index (χ2n) is 7.45. The zero-order valence-corrected chi connectivity index (χ0v) is 21.8. The molecule has 11 heteroatoms. The molecule has 0 bridgehead atoms. The Morgan fingerprint density at radius 1 is 1.03 bits per heavy atom. The van der Waals surface area contributed by atoms with Gasteiger partial charge in [0.2, 0.25) is 21.8 Å². The normalized spacial score (nSPS) is 12.2. The minimum absolute atomic E-state index is 0.0816. The summed E-state index contributed by atoms with van der Waals surface area (Å²) in [6.07, 6.45) is 1.00. The lowest BCUT2D eigenvalue weighted by molar-refractivity contribution is -0.139. The summed E-state index contributed by atoms with van der Waals surface area (Å²) in [4.78, 5) is 27.3. The number of halogens is 3. The van der Waals surface area contributed by atoms with E-state index >= 15 is 0 Å². The van der Waals surface area contributed by atoms with Crippen LogP contribution in [0, 0.1) is 6.92 Å². The van der Waals surface area contributed by atoms with E-state index in [1.165, 1.54) is 4.90 Å². The van der Waals surface area contributed by atoms with Crippen molar-refractivity contribution in [3.8, 4) is 0 Å². The van der Waals surface area contributed by atoms with Crippen molar-refractivity contribution < 1.29 is 18.0 Å². The summed E-state index contributed by atoms with van der Waals surface area (Å²) in [5.41, 5.74) is 1.24. The first-order valence-electron chi connectivity index (χ1n) is 10.1. The van der Waals surface area contributed by atoms with Crippen molar-refractivity contribution in [3.05, 3.63) is 62.6 Å². The van der Waals surface area contributed by atoms with E-state index in [9.17, 15) is 18.0 Å². The van der Waals surface area contributed by atoms with Gasteiger partial charge in [0.05, 0.1) is 11.9 Å². The molecule has 2 amide bonds. The predicted octanol–water partition coefficient (Wildman–Crippen LogP) is 4.27. The molecule has 0 saturated carbocycles. The van der Waals surface area contributed by atoms with Crippen LogP contribution in [0.5, 0.6) is 0 Å². The number of nitrogens with zero attached hydrogens (tertiary/aromatic N) is 2. The van der Waals surface area contributed by atoms with E-state index in [4.69, 9.17) is 34.8 Å². The van der Waals surface area contributed by atoms with E-state index in [0.29, 0.717) is 32.7 Å². The lowest BCUT2D eigenvalue weighted by atomic mass is 10.1. The second-order valence-corrected chi connectivity index (χ2v) is 10.6. The Morgan fingerprint density at radius 2 is 1.58 bits per heavy atom. The van der Waals surface area contributed by atoms with Crippen LogP contribution in [0.4, 0.5) is 5.69 Å². The topological polar surface area (TPSA) is 86.8 Å². The van der Waals surface area contributed by atoms with Crippen LogP contribution in [0.1, 0.15) is 25.0 Å². The number of amides is 2. The molecular formula is C22H26Cl3N3O4S. The average molecular weight is 535 g/mol. The summed E-state index contributed by atoms with van der Waals surface area (Å²) in [6.45, 7) is 4.74. The van der Waals surface area contributed by atoms with Gasteiger partial charge >= 0.3 is 0 Å². The molecule has 180 valence electrons. The molecule has 7 nitrogen and oxygen atoms in total. The molecule has 0 aliphatic heterocycles. The average Bonchev–Trinajstić information content (AvgIpc) is 2.73. The van der Waals surface area contributed by atoms with Crippen LogP contribution in [-0.4, -0.2) is 50.5 Å². The van der Waals surface area contributed by atoms with Gasteiger partial charge in [0.25, 0.3) is 0 Å². The molecule has 1 unspecified atom stereocenters. The Morgan fingerprint density at radius 3 is 2.12 bits per heavy atom. The molecule has 33 heavy (non-hydrogen) atoms. The van der Waals surface area contributed by atoms with Crippen molar-refractivity contribution in [1.29, 1.82) is 0 Å². The smallest absolute Gasteiger partial charge is 0.244 e. The molecule has 0 aliphatic carbocycles. The summed E-state index contributed by atoms with van der Waals surface area (Å²) in [7, 11) is -3.86. The largest absolute Gasteiger partial charge is 0.355 e. The third kappa shape index (κ3) is 6.76. The molecule has 1 N–H and O–H groups in total.